The summed E-state index contributed by atoms with van der Waals surface area (Å²) in [6.45, 7) is 6.19. The molecule has 2 aliphatic rings. The Hall–Kier alpha value is -4.28. The van der Waals surface area contributed by atoms with Gasteiger partial charge in [0.2, 0.25) is 5.89 Å². The van der Waals surface area contributed by atoms with Gasteiger partial charge in [0.25, 0.3) is 5.91 Å². The van der Waals surface area contributed by atoms with Crippen molar-refractivity contribution in [2.45, 2.75) is 25.9 Å². The van der Waals surface area contributed by atoms with Crippen LogP contribution in [-0.4, -0.2) is 58.6 Å². The Kier molecular flexibility index (Phi) is 5.46. The number of hydrogen-bond acceptors (Lipinski definition) is 8. The second kappa shape index (κ2) is 8.49. The predicted molar refractivity (Wildman–Crippen MR) is 130 cm³/mol. The van der Waals surface area contributed by atoms with Crippen molar-refractivity contribution in [1.29, 1.82) is 0 Å². The van der Waals surface area contributed by atoms with E-state index in [0.717, 1.165) is 23.4 Å². The van der Waals surface area contributed by atoms with Gasteiger partial charge >= 0.3 is 6.03 Å². The fraction of sp³-hybridized carbons (Fsp3) is 0.333. The Morgan fingerprint density at radius 1 is 1.14 bits per heavy atom. The monoisotopic (exact) mass is 477 g/mol. The van der Waals surface area contributed by atoms with E-state index in [9.17, 15) is 9.59 Å². The molecule has 0 saturated carbocycles. The third-order valence-electron chi connectivity index (χ3n) is 6.13. The molecule has 0 spiro atoms. The molecule has 11 heteroatoms. The number of nitrogens with zero attached hydrogens (tertiary/aromatic N) is 4. The van der Waals surface area contributed by atoms with Crippen LogP contribution in [0.2, 0.25) is 0 Å². The number of oxazole rings is 1. The number of aromatic nitrogens is 2. The first-order valence-electron chi connectivity index (χ1n) is 11.3. The van der Waals surface area contributed by atoms with Crippen LogP contribution in [-0.2, 0) is 6.42 Å². The maximum atomic E-state index is 13.1. The number of carbonyl (C=O) groups is 2. The molecular weight excluding hydrogens is 450 g/mol. The minimum Gasteiger partial charge on any atom is -0.487 e. The van der Waals surface area contributed by atoms with Gasteiger partial charge in [0.05, 0.1) is 11.4 Å². The van der Waals surface area contributed by atoms with Crippen LogP contribution in [0.4, 0.5) is 22.0 Å². The smallest absolute Gasteiger partial charge is 0.314 e. The van der Waals surface area contributed by atoms with Crippen LogP contribution in [0.5, 0.6) is 5.75 Å². The number of fused-ring (bicyclic) bond motifs is 1. The van der Waals surface area contributed by atoms with Crippen molar-refractivity contribution in [1.82, 2.24) is 14.9 Å². The zero-order chi connectivity index (χ0) is 24.7. The van der Waals surface area contributed by atoms with E-state index in [1.165, 1.54) is 6.26 Å². The number of hydrogen-bond donors (Lipinski definition) is 3. The first-order valence-corrected chi connectivity index (χ1v) is 11.3. The van der Waals surface area contributed by atoms with E-state index in [4.69, 9.17) is 20.6 Å². The van der Waals surface area contributed by atoms with Crippen LogP contribution in [0.1, 0.15) is 29.9 Å². The van der Waals surface area contributed by atoms with Gasteiger partial charge in [0, 0.05) is 56.0 Å². The van der Waals surface area contributed by atoms with E-state index >= 15 is 0 Å². The summed E-state index contributed by atoms with van der Waals surface area (Å²) in [6.07, 6.45) is 3.58. The minimum absolute atomic E-state index is 0.136. The quantitative estimate of drug-likeness (QED) is 0.518. The number of urea groups is 1. The summed E-state index contributed by atoms with van der Waals surface area (Å²) in [5, 5.41) is 2.99. The highest BCUT2D eigenvalue weighted by atomic mass is 16.5. The van der Waals surface area contributed by atoms with Crippen LogP contribution in [0, 0.1) is 0 Å². The Balaban J connectivity index is 1.42. The lowest BCUT2D eigenvalue weighted by molar-refractivity contribution is 0.102. The number of carbonyl (C=O) groups excluding carboxylic acids is 2. The second-order valence-corrected chi connectivity index (χ2v) is 9.29. The molecule has 0 bridgehead atoms. The van der Waals surface area contributed by atoms with Gasteiger partial charge < -0.3 is 35.7 Å². The molecule has 5 rings (SSSR count). The standard InChI is InChI=1S/C24H27N7O4/c1-24(2)12-15-9-16(18(11-19(15)35-24)30-5-7-31(8-6-30)23(26)33)28-21(32)17-13-34-22(29-17)14-3-4-27-20(25)10-14/h3-4,9-11,13H,5-8,12H2,1-2H3,(H2,25,27)(H2,26,33)(H,28,32). The number of nitrogens with one attached hydrogen (secondary N) is 1. The molecule has 3 aromatic rings. The van der Waals surface area contributed by atoms with Crippen LogP contribution < -0.4 is 26.4 Å². The number of amides is 3. The van der Waals surface area contributed by atoms with Crippen LogP contribution in [0.25, 0.3) is 11.5 Å². The highest BCUT2D eigenvalue weighted by molar-refractivity contribution is 6.05. The molecule has 182 valence electrons. The average Bonchev–Trinajstić information content (AvgIpc) is 3.42. The molecule has 0 atom stereocenters. The van der Waals surface area contributed by atoms with Crippen molar-refractivity contribution in [2.75, 3.05) is 42.1 Å². The van der Waals surface area contributed by atoms with Gasteiger partial charge in [0.1, 0.15) is 23.4 Å². The number of ether oxygens (including phenoxy) is 1. The zero-order valence-corrected chi connectivity index (χ0v) is 19.6. The Morgan fingerprint density at radius 2 is 1.91 bits per heavy atom. The van der Waals surface area contributed by atoms with Gasteiger partial charge in [-0.3, -0.25) is 4.79 Å². The van der Waals surface area contributed by atoms with Gasteiger partial charge in [-0.2, -0.15) is 0 Å². The molecule has 3 amide bonds. The Labute approximate surface area is 202 Å². The van der Waals surface area contributed by atoms with Gasteiger partial charge in [-0.05, 0) is 32.0 Å². The molecule has 1 fully saturated rings. The molecule has 0 radical (unpaired) electrons. The summed E-state index contributed by atoms with van der Waals surface area (Å²) < 4.78 is 11.6. The predicted octanol–water partition coefficient (Wildman–Crippen LogP) is 2.49. The molecular formula is C24H27N7O4. The number of pyridine rings is 1. The van der Waals surface area contributed by atoms with E-state index in [-0.39, 0.29) is 17.2 Å². The molecule has 35 heavy (non-hydrogen) atoms. The summed E-state index contributed by atoms with van der Waals surface area (Å²) in [7, 11) is 0. The number of nitrogen functional groups attached to an aromatic ring is 1. The molecule has 4 heterocycles. The van der Waals surface area contributed by atoms with Crippen molar-refractivity contribution in [3.63, 3.8) is 0 Å². The molecule has 0 unspecified atom stereocenters. The van der Waals surface area contributed by atoms with E-state index in [2.05, 4.69) is 20.2 Å². The van der Waals surface area contributed by atoms with Gasteiger partial charge in [0.15, 0.2) is 5.69 Å². The number of rotatable bonds is 4. The zero-order valence-electron chi connectivity index (χ0n) is 19.6. The number of primary amides is 1. The van der Waals surface area contributed by atoms with Crippen LogP contribution in [0.15, 0.2) is 41.1 Å². The lowest BCUT2D eigenvalue weighted by atomic mass is 10.0. The maximum Gasteiger partial charge on any atom is 0.314 e. The first kappa shape index (κ1) is 22.5. The van der Waals surface area contributed by atoms with Gasteiger partial charge in [-0.25, -0.2) is 14.8 Å². The molecule has 5 N–H and O–H groups in total. The molecule has 11 nitrogen and oxygen atoms in total. The molecule has 1 saturated heterocycles. The summed E-state index contributed by atoms with van der Waals surface area (Å²) >= 11 is 0. The van der Waals surface area contributed by atoms with E-state index in [0.29, 0.717) is 43.2 Å². The average molecular weight is 478 g/mol. The number of nitrogens with two attached hydrogens (primary N) is 2. The van der Waals surface area contributed by atoms with Gasteiger partial charge in [-0.1, -0.05) is 0 Å². The normalized spacial score (nSPS) is 16.5. The lowest BCUT2D eigenvalue weighted by Crippen LogP contribution is -2.50. The van der Waals surface area contributed by atoms with E-state index in [1.54, 1.807) is 23.2 Å². The Bertz CT molecular complexity index is 1290. The minimum atomic E-state index is -0.435. The molecule has 1 aromatic carbocycles. The van der Waals surface area contributed by atoms with Gasteiger partial charge in [-0.15, -0.1) is 0 Å². The number of benzene rings is 1. The molecule has 0 aliphatic carbocycles. The Morgan fingerprint density at radius 3 is 2.63 bits per heavy atom. The van der Waals surface area contributed by atoms with E-state index < -0.39 is 11.9 Å². The number of piperazine rings is 1. The second-order valence-electron chi connectivity index (χ2n) is 9.29. The fourth-order valence-electron chi connectivity index (χ4n) is 4.45. The topological polar surface area (TPSA) is 153 Å². The molecule has 2 aromatic heterocycles. The summed E-state index contributed by atoms with van der Waals surface area (Å²) in [5.74, 6) is 0.990. The van der Waals surface area contributed by atoms with Crippen molar-refractivity contribution >= 4 is 29.1 Å². The highest BCUT2D eigenvalue weighted by Crippen LogP contribution is 2.42. The summed E-state index contributed by atoms with van der Waals surface area (Å²) in [6, 6.07) is 6.79. The highest BCUT2D eigenvalue weighted by Gasteiger charge is 2.33. The van der Waals surface area contributed by atoms with Crippen LogP contribution >= 0.6 is 0 Å². The molecule has 2 aliphatic heterocycles. The van der Waals surface area contributed by atoms with Crippen LogP contribution in [0.3, 0.4) is 0 Å². The largest absolute Gasteiger partial charge is 0.487 e. The van der Waals surface area contributed by atoms with Crippen molar-refractivity contribution in [2.24, 2.45) is 5.73 Å². The number of anilines is 3. The van der Waals surface area contributed by atoms with E-state index in [1.807, 2.05) is 26.0 Å². The van der Waals surface area contributed by atoms with Crippen molar-refractivity contribution in [3.8, 4) is 17.2 Å². The maximum absolute atomic E-state index is 13.1. The SMILES string of the molecule is CC1(C)Cc2cc(NC(=O)c3coc(-c4ccnc(N)c4)n3)c(N3CCN(C(N)=O)CC3)cc2O1. The summed E-state index contributed by atoms with van der Waals surface area (Å²) in [4.78, 5) is 36.7. The third kappa shape index (κ3) is 4.57. The first-order chi connectivity index (χ1) is 16.7. The third-order valence-corrected chi connectivity index (χ3v) is 6.13. The van der Waals surface area contributed by atoms with Crippen molar-refractivity contribution in [3.05, 3.63) is 48.0 Å². The fourth-order valence-corrected chi connectivity index (χ4v) is 4.45. The summed E-state index contributed by atoms with van der Waals surface area (Å²) in [5.41, 5.74) is 14.1. The lowest BCUT2D eigenvalue weighted by Gasteiger charge is -2.36. The van der Waals surface area contributed by atoms with Crippen molar-refractivity contribution < 1.29 is 18.7 Å².